The first-order chi connectivity index (χ1) is 9.72. The number of hydrogen-bond donors (Lipinski definition) is 0. The maximum absolute atomic E-state index is 4.58. The summed E-state index contributed by atoms with van der Waals surface area (Å²) in [5.41, 5.74) is 2.94. The van der Waals surface area contributed by atoms with Crippen molar-refractivity contribution in [1.82, 2.24) is 19.3 Å². The molecule has 20 heavy (non-hydrogen) atoms. The van der Waals surface area contributed by atoms with Gasteiger partial charge in [-0.15, -0.1) is 0 Å². The largest absolute Gasteiger partial charge is 0.383 e. The van der Waals surface area contributed by atoms with Crippen molar-refractivity contribution in [3.05, 3.63) is 60.7 Å². The van der Waals surface area contributed by atoms with Crippen LogP contribution in [0.3, 0.4) is 0 Å². The van der Waals surface area contributed by atoms with Crippen LogP contribution < -0.4 is 0 Å². The minimum absolute atomic E-state index is 0.713. The van der Waals surface area contributed by atoms with Crippen LogP contribution in [0.25, 0.3) is 23.1 Å². The van der Waals surface area contributed by atoms with Crippen LogP contribution in [0.2, 0.25) is 0 Å². The van der Waals surface area contributed by atoms with Crippen molar-refractivity contribution >= 4 is 11.9 Å². The minimum atomic E-state index is 0.713. The van der Waals surface area contributed by atoms with Crippen LogP contribution in [0, 0.1) is 0 Å². The highest BCUT2D eigenvalue weighted by Gasteiger charge is 2.04. The van der Waals surface area contributed by atoms with Gasteiger partial charge in [-0.2, -0.15) is 0 Å². The molecule has 0 N–H and O–H groups in total. The molecule has 0 fully saturated rings. The van der Waals surface area contributed by atoms with Crippen molar-refractivity contribution in [1.29, 1.82) is 0 Å². The first kappa shape index (κ1) is 12.4. The van der Waals surface area contributed by atoms with Gasteiger partial charge in [0, 0.05) is 38.3 Å². The summed E-state index contributed by atoms with van der Waals surface area (Å²) in [5, 5.41) is 0. The SMILES string of the molecule is CN(C)C=Cc1ccn2cc(-c3ccccc3)nc2n1. The van der Waals surface area contributed by atoms with E-state index in [2.05, 4.69) is 22.1 Å². The number of aromatic nitrogens is 3. The molecular formula is C16H16N4. The van der Waals surface area contributed by atoms with Gasteiger partial charge in [-0.05, 0) is 12.1 Å². The Morgan fingerprint density at radius 2 is 1.85 bits per heavy atom. The molecule has 0 aliphatic heterocycles. The Bertz CT molecular complexity index is 742. The molecule has 0 aliphatic carbocycles. The molecule has 2 aromatic heterocycles. The maximum atomic E-state index is 4.58. The van der Waals surface area contributed by atoms with Gasteiger partial charge in [0.2, 0.25) is 5.78 Å². The van der Waals surface area contributed by atoms with E-state index in [4.69, 9.17) is 0 Å². The van der Waals surface area contributed by atoms with Crippen molar-refractivity contribution < 1.29 is 0 Å². The molecule has 4 heteroatoms. The van der Waals surface area contributed by atoms with Crippen LogP contribution in [0.1, 0.15) is 5.69 Å². The fourth-order valence-corrected chi connectivity index (χ4v) is 1.95. The molecule has 3 rings (SSSR count). The second kappa shape index (κ2) is 5.17. The molecule has 0 aliphatic rings. The average molecular weight is 264 g/mol. The van der Waals surface area contributed by atoms with Gasteiger partial charge >= 0.3 is 0 Å². The lowest BCUT2D eigenvalue weighted by Crippen LogP contribution is -2.00. The molecule has 100 valence electrons. The Labute approximate surface area is 118 Å². The lowest BCUT2D eigenvalue weighted by molar-refractivity contribution is 0.567. The van der Waals surface area contributed by atoms with Crippen LogP contribution in [0.15, 0.2) is 55.0 Å². The Morgan fingerprint density at radius 1 is 1.05 bits per heavy atom. The summed E-state index contributed by atoms with van der Waals surface area (Å²) >= 11 is 0. The van der Waals surface area contributed by atoms with Gasteiger partial charge in [0.25, 0.3) is 0 Å². The normalized spacial score (nSPS) is 11.3. The van der Waals surface area contributed by atoms with Crippen LogP contribution in [0.4, 0.5) is 0 Å². The molecular weight excluding hydrogens is 248 g/mol. The Hall–Kier alpha value is -2.62. The van der Waals surface area contributed by atoms with E-state index in [0.717, 1.165) is 17.0 Å². The van der Waals surface area contributed by atoms with Gasteiger partial charge in [0.1, 0.15) is 0 Å². The zero-order valence-electron chi connectivity index (χ0n) is 11.6. The van der Waals surface area contributed by atoms with Crippen molar-refractivity contribution in [3.8, 4) is 11.3 Å². The van der Waals surface area contributed by atoms with Crippen molar-refractivity contribution in [2.45, 2.75) is 0 Å². The summed E-state index contributed by atoms with van der Waals surface area (Å²) in [4.78, 5) is 11.1. The Morgan fingerprint density at radius 3 is 2.60 bits per heavy atom. The van der Waals surface area contributed by atoms with Crippen LogP contribution >= 0.6 is 0 Å². The molecule has 2 heterocycles. The smallest absolute Gasteiger partial charge is 0.234 e. The number of nitrogens with zero attached hydrogens (tertiary/aromatic N) is 4. The third-order valence-corrected chi connectivity index (χ3v) is 2.96. The minimum Gasteiger partial charge on any atom is -0.383 e. The van der Waals surface area contributed by atoms with Gasteiger partial charge in [-0.25, -0.2) is 9.97 Å². The van der Waals surface area contributed by atoms with Crippen molar-refractivity contribution in [2.24, 2.45) is 0 Å². The third kappa shape index (κ3) is 2.54. The molecule has 1 aromatic carbocycles. The van der Waals surface area contributed by atoms with E-state index in [9.17, 15) is 0 Å². The molecule has 0 amide bonds. The monoisotopic (exact) mass is 264 g/mol. The molecule has 0 saturated heterocycles. The number of rotatable bonds is 3. The highest BCUT2D eigenvalue weighted by atomic mass is 15.1. The summed E-state index contributed by atoms with van der Waals surface area (Å²) in [7, 11) is 3.97. The molecule has 4 nitrogen and oxygen atoms in total. The fourth-order valence-electron chi connectivity index (χ4n) is 1.95. The molecule has 3 aromatic rings. The van der Waals surface area contributed by atoms with Crippen LogP contribution in [-0.2, 0) is 0 Å². The van der Waals surface area contributed by atoms with Gasteiger partial charge in [0.05, 0.1) is 11.4 Å². The first-order valence-corrected chi connectivity index (χ1v) is 6.48. The molecule has 0 radical (unpaired) electrons. The Balaban J connectivity index is 2.00. The van der Waals surface area contributed by atoms with E-state index in [-0.39, 0.29) is 0 Å². The standard InChI is InChI=1S/C16H16N4/c1-19(2)10-8-14-9-11-20-12-15(18-16(20)17-14)13-6-4-3-5-7-13/h3-12H,1-2H3. The Kier molecular flexibility index (Phi) is 3.21. The van der Waals surface area contributed by atoms with Gasteiger partial charge in [0.15, 0.2) is 0 Å². The average Bonchev–Trinajstić information content (AvgIpc) is 2.89. The zero-order chi connectivity index (χ0) is 13.9. The van der Waals surface area contributed by atoms with Gasteiger partial charge in [-0.3, -0.25) is 4.40 Å². The second-order valence-corrected chi connectivity index (χ2v) is 4.83. The predicted octanol–water partition coefficient (Wildman–Crippen LogP) is 2.93. The van der Waals surface area contributed by atoms with Crippen molar-refractivity contribution in [2.75, 3.05) is 14.1 Å². The van der Waals surface area contributed by atoms with Crippen LogP contribution in [0.5, 0.6) is 0 Å². The number of benzene rings is 1. The van der Waals surface area contributed by atoms with Gasteiger partial charge in [-0.1, -0.05) is 30.3 Å². The van der Waals surface area contributed by atoms with Crippen LogP contribution in [-0.4, -0.2) is 33.4 Å². The van der Waals surface area contributed by atoms with E-state index in [1.54, 1.807) is 0 Å². The maximum Gasteiger partial charge on any atom is 0.234 e. The van der Waals surface area contributed by atoms with E-state index in [1.807, 2.05) is 72.3 Å². The summed E-state index contributed by atoms with van der Waals surface area (Å²) < 4.78 is 1.94. The van der Waals surface area contributed by atoms with E-state index in [0.29, 0.717) is 5.78 Å². The molecule has 0 bridgehead atoms. The first-order valence-electron chi connectivity index (χ1n) is 6.48. The summed E-state index contributed by atoms with van der Waals surface area (Å²) in [6.07, 6.45) is 7.92. The van der Waals surface area contributed by atoms with E-state index < -0.39 is 0 Å². The summed E-state index contributed by atoms with van der Waals surface area (Å²) in [6, 6.07) is 12.1. The number of fused-ring (bicyclic) bond motifs is 1. The lowest BCUT2D eigenvalue weighted by atomic mass is 10.2. The fraction of sp³-hybridized carbons (Fsp3) is 0.125. The quantitative estimate of drug-likeness (QED) is 0.729. The molecule has 0 atom stereocenters. The number of hydrogen-bond acceptors (Lipinski definition) is 3. The molecule has 0 spiro atoms. The highest BCUT2D eigenvalue weighted by molar-refractivity contribution is 5.61. The summed E-state index contributed by atoms with van der Waals surface area (Å²) in [5.74, 6) is 0.713. The van der Waals surface area contributed by atoms with E-state index in [1.165, 1.54) is 0 Å². The van der Waals surface area contributed by atoms with Crippen molar-refractivity contribution in [3.63, 3.8) is 0 Å². The third-order valence-electron chi connectivity index (χ3n) is 2.96. The summed E-state index contributed by atoms with van der Waals surface area (Å²) in [6.45, 7) is 0. The predicted molar refractivity (Wildman–Crippen MR) is 81.1 cm³/mol. The van der Waals surface area contributed by atoms with E-state index >= 15 is 0 Å². The molecule has 0 unspecified atom stereocenters. The van der Waals surface area contributed by atoms with Gasteiger partial charge < -0.3 is 4.90 Å². The molecule has 0 saturated carbocycles. The zero-order valence-corrected chi connectivity index (χ0v) is 11.6. The topological polar surface area (TPSA) is 33.4 Å². The highest BCUT2D eigenvalue weighted by Crippen LogP contribution is 2.18. The lowest BCUT2D eigenvalue weighted by Gasteiger charge is -2.02. The number of imidazole rings is 1. The second-order valence-electron chi connectivity index (χ2n) is 4.83.